The predicted octanol–water partition coefficient (Wildman–Crippen LogP) is 4.28. The van der Waals surface area contributed by atoms with Crippen molar-refractivity contribution in [2.75, 3.05) is 12.3 Å². The van der Waals surface area contributed by atoms with E-state index in [1.165, 1.54) is 42.1 Å². The van der Waals surface area contributed by atoms with Crippen molar-refractivity contribution in [2.45, 2.75) is 5.75 Å². The predicted molar refractivity (Wildman–Crippen MR) is 86.3 cm³/mol. The molecule has 0 unspecified atom stereocenters. The van der Waals surface area contributed by atoms with Crippen molar-refractivity contribution >= 4 is 29.3 Å². The molecule has 0 fully saturated rings. The maximum Gasteiger partial charge on any atom is 0.251 e. The van der Waals surface area contributed by atoms with Crippen LogP contribution in [0, 0.1) is 11.6 Å². The summed E-state index contributed by atoms with van der Waals surface area (Å²) < 4.78 is 26.3. The molecule has 2 nitrogen and oxygen atoms in total. The second-order valence-electron chi connectivity index (χ2n) is 4.52. The van der Waals surface area contributed by atoms with E-state index in [1.54, 1.807) is 12.1 Å². The van der Waals surface area contributed by atoms with Gasteiger partial charge in [-0.15, -0.1) is 0 Å². The molecule has 1 N–H and O–H groups in total. The summed E-state index contributed by atoms with van der Waals surface area (Å²) in [4.78, 5) is 11.8. The first-order valence-electron chi connectivity index (χ1n) is 6.62. The molecule has 0 saturated carbocycles. The molecule has 0 saturated heterocycles. The van der Waals surface area contributed by atoms with Crippen LogP contribution in [0.2, 0.25) is 5.02 Å². The van der Waals surface area contributed by atoms with Gasteiger partial charge in [-0.1, -0.05) is 17.7 Å². The van der Waals surface area contributed by atoms with Gasteiger partial charge in [-0.05, 0) is 36.4 Å². The summed E-state index contributed by atoms with van der Waals surface area (Å²) in [5, 5.41) is 3.13. The van der Waals surface area contributed by atoms with Crippen LogP contribution in [0.25, 0.3) is 0 Å². The van der Waals surface area contributed by atoms with Crippen molar-refractivity contribution in [3.63, 3.8) is 0 Å². The van der Waals surface area contributed by atoms with Gasteiger partial charge in [0, 0.05) is 34.2 Å². The van der Waals surface area contributed by atoms with Gasteiger partial charge < -0.3 is 5.32 Å². The highest BCUT2D eigenvalue weighted by atomic mass is 35.5. The molecule has 0 aliphatic heterocycles. The molecule has 0 spiro atoms. The molecule has 0 aliphatic rings. The quantitative estimate of drug-likeness (QED) is 0.794. The smallest absolute Gasteiger partial charge is 0.251 e. The van der Waals surface area contributed by atoms with Gasteiger partial charge in [0.25, 0.3) is 5.91 Å². The van der Waals surface area contributed by atoms with Gasteiger partial charge in [0.15, 0.2) is 0 Å². The molecule has 22 heavy (non-hydrogen) atoms. The van der Waals surface area contributed by atoms with Crippen molar-refractivity contribution < 1.29 is 13.6 Å². The van der Waals surface area contributed by atoms with Crippen LogP contribution in [0.1, 0.15) is 15.9 Å². The minimum atomic E-state index is -0.381. The highest BCUT2D eigenvalue weighted by molar-refractivity contribution is 7.98. The van der Waals surface area contributed by atoms with Crippen molar-refractivity contribution in [3.8, 4) is 0 Å². The third kappa shape index (κ3) is 4.71. The zero-order chi connectivity index (χ0) is 15.9. The normalized spacial score (nSPS) is 10.5. The lowest BCUT2D eigenvalue weighted by Crippen LogP contribution is -2.25. The largest absolute Gasteiger partial charge is 0.351 e. The molecular formula is C16H14ClF2NOS. The van der Waals surface area contributed by atoms with E-state index in [-0.39, 0.29) is 17.5 Å². The Morgan fingerprint density at radius 3 is 2.55 bits per heavy atom. The van der Waals surface area contributed by atoms with Crippen LogP contribution in [-0.4, -0.2) is 18.2 Å². The Morgan fingerprint density at radius 1 is 1.14 bits per heavy atom. The van der Waals surface area contributed by atoms with Gasteiger partial charge >= 0.3 is 0 Å². The number of nitrogens with one attached hydrogen (secondary N) is 1. The van der Waals surface area contributed by atoms with E-state index >= 15 is 0 Å². The van der Waals surface area contributed by atoms with Crippen LogP contribution >= 0.6 is 23.4 Å². The summed E-state index contributed by atoms with van der Waals surface area (Å²) in [5.74, 6) is 0.101. The fraction of sp³-hybridized carbons (Fsp3) is 0.188. The van der Waals surface area contributed by atoms with E-state index in [2.05, 4.69) is 5.32 Å². The molecule has 0 bridgehead atoms. The number of thioether (sulfide) groups is 1. The number of hydrogen-bond donors (Lipinski definition) is 1. The molecule has 2 rings (SSSR count). The fourth-order valence-electron chi connectivity index (χ4n) is 1.78. The first-order valence-corrected chi connectivity index (χ1v) is 8.15. The van der Waals surface area contributed by atoms with Gasteiger partial charge in [0.05, 0.1) is 0 Å². The molecule has 0 heterocycles. The van der Waals surface area contributed by atoms with E-state index in [4.69, 9.17) is 11.6 Å². The Bertz CT molecular complexity index is 629. The number of carbonyl (C=O) groups is 1. The van der Waals surface area contributed by atoms with Crippen LogP contribution in [0.15, 0.2) is 42.5 Å². The molecule has 2 aromatic rings. The van der Waals surface area contributed by atoms with Gasteiger partial charge in [-0.3, -0.25) is 4.79 Å². The minimum absolute atomic E-state index is 0.260. The first kappa shape index (κ1) is 16.8. The monoisotopic (exact) mass is 341 g/mol. The van der Waals surface area contributed by atoms with E-state index < -0.39 is 0 Å². The summed E-state index contributed by atoms with van der Waals surface area (Å²) in [5.41, 5.74) is 0.877. The molecule has 1 amide bonds. The number of halogens is 3. The van der Waals surface area contributed by atoms with E-state index in [0.29, 0.717) is 34.2 Å². The average Bonchev–Trinajstić information content (AvgIpc) is 2.50. The molecular weight excluding hydrogens is 328 g/mol. The standard InChI is InChI=1S/C16H14ClF2NOS/c17-14-2-1-3-15(19)13(14)10-22-9-8-20-16(21)11-4-6-12(18)7-5-11/h1-7H,8-10H2,(H,20,21). The number of amides is 1. The Morgan fingerprint density at radius 2 is 1.86 bits per heavy atom. The first-order chi connectivity index (χ1) is 10.6. The molecule has 116 valence electrons. The van der Waals surface area contributed by atoms with Crippen molar-refractivity contribution in [1.82, 2.24) is 5.32 Å². The lowest BCUT2D eigenvalue weighted by atomic mass is 10.2. The van der Waals surface area contributed by atoms with Crippen molar-refractivity contribution in [3.05, 3.63) is 70.2 Å². The van der Waals surface area contributed by atoms with Crippen LogP contribution in [0.5, 0.6) is 0 Å². The fourth-order valence-corrected chi connectivity index (χ4v) is 2.98. The molecule has 0 aromatic heterocycles. The minimum Gasteiger partial charge on any atom is -0.351 e. The zero-order valence-electron chi connectivity index (χ0n) is 11.6. The molecule has 0 aliphatic carbocycles. The summed E-state index contributed by atoms with van der Waals surface area (Å²) in [7, 11) is 0. The third-order valence-electron chi connectivity index (χ3n) is 2.95. The van der Waals surface area contributed by atoms with Crippen LogP contribution in [-0.2, 0) is 5.75 Å². The SMILES string of the molecule is O=C(NCCSCc1c(F)cccc1Cl)c1ccc(F)cc1. The van der Waals surface area contributed by atoms with Crippen molar-refractivity contribution in [1.29, 1.82) is 0 Å². The van der Waals surface area contributed by atoms with Crippen LogP contribution in [0.4, 0.5) is 8.78 Å². The zero-order valence-corrected chi connectivity index (χ0v) is 13.2. The molecule has 0 radical (unpaired) electrons. The van der Waals surface area contributed by atoms with Gasteiger partial charge in [-0.25, -0.2) is 8.78 Å². The second-order valence-corrected chi connectivity index (χ2v) is 6.03. The Labute approximate surface area is 136 Å². The van der Waals surface area contributed by atoms with Gasteiger partial charge in [0.2, 0.25) is 0 Å². The summed E-state index contributed by atoms with van der Waals surface area (Å²) >= 11 is 7.41. The number of hydrogen-bond acceptors (Lipinski definition) is 2. The van der Waals surface area contributed by atoms with Crippen LogP contribution in [0.3, 0.4) is 0 Å². The number of carbonyl (C=O) groups excluding carboxylic acids is 1. The molecule has 2 aromatic carbocycles. The van der Waals surface area contributed by atoms with E-state index in [9.17, 15) is 13.6 Å². The second kappa shape index (κ2) is 8.15. The maximum absolute atomic E-state index is 13.5. The highest BCUT2D eigenvalue weighted by Gasteiger charge is 2.07. The lowest BCUT2D eigenvalue weighted by molar-refractivity contribution is 0.0956. The third-order valence-corrected chi connectivity index (χ3v) is 4.29. The number of rotatable bonds is 6. The molecule has 0 atom stereocenters. The molecule has 6 heteroatoms. The van der Waals surface area contributed by atoms with Gasteiger partial charge in [-0.2, -0.15) is 11.8 Å². The van der Waals surface area contributed by atoms with E-state index in [1.807, 2.05) is 0 Å². The number of benzene rings is 2. The Kier molecular flexibility index (Phi) is 6.21. The maximum atomic E-state index is 13.5. The van der Waals surface area contributed by atoms with Gasteiger partial charge in [0.1, 0.15) is 11.6 Å². The van der Waals surface area contributed by atoms with E-state index in [0.717, 1.165) is 0 Å². The summed E-state index contributed by atoms with van der Waals surface area (Å²) in [6.07, 6.45) is 0. The summed E-state index contributed by atoms with van der Waals surface area (Å²) in [6, 6.07) is 9.92. The topological polar surface area (TPSA) is 29.1 Å². The van der Waals surface area contributed by atoms with Crippen LogP contribution < -0.4 is 5.32 Å². The average molecular weight is 342 g/mol. The highest BCUT2D eigenvalue weighted by Crippen LogP contribution is 2.23. The lowest BCUT2D eigenvalue weighted by Gasteiger charge is -2.07. The Balaban J connectivity index is 1.73. The Hall–Kier alpha value is -1.59. The summed E-state index contributed by atoms with van der Waals surface area (Å²) in [6.45, 7) is 0.437. The van der Waals surface area contributed by atoms with Crippen molar-refractivity contribution in [2.24, 2.45) is 0 Å².